The zero-order valence-electron chi connectivity index (χ0n) is 6.20. The Kier molecular flexibility index (Phi) is 4.40. The molecule has 0 saturated heterocycles. The smallest absolute Gasteiger partial charge is 0.320 e. The van der Waals surface area contributed by atoms with E-state index in [-0.39, 0.29) is 6.54 Å². The van der Waals surface area contributed by atoms with E-state index in [9.17, 15) is 9.59 Å². The molecule has 0 fully saturated rings. The molecule has 64 valence electrons. The van der Waals surface area contributed by atoms with Crippen molar-refractivity contribution < 1.29 is 19.8 Å². The first-order valence-electron chi connectivity index (χ1n) is 3.16. The molecular formula is C6H11NO4. The van der Waals surface area contributed by atoms with Crippen molar-refractivity contribution >= 4 is 11.8 Å². The molecule has 0 radical (unpaired) electrons. The van der Waals surface area contributed by atoms with Gasteiger partial charge in [0.1, 0.15) is 12.6 Å². The van der Waals surface area contributed by atoms with Gasteiger partial charge in [-0.1, -0.05) is 0 Å². The van der Waals surface area contributed by atoms with E-state index in [1.807, 2.05) is 0 Å². The minimum Gasteiger partial charge on any atom is -0.480 e. The van der Waals surface area contributed by atoms with Crippen LogP contribution in [0.2, 0.25) is 0 Å². The van der Waals surface area contributed by atoms with Crippen molar-refractivity contribution in [2.24, 2.45) is 0 Å². The van der Waals surface area contributed by atoms with Crippen LogP contribution in [0.15, 0.2) is 0 Å². The number of aliphatic hydroxyl groups is 1. The maximum absolute atomic E-state index is 10.4. The van der Waals surface area contributed by atoms with Crippen LogP contribution in [0, 0.1) is 0 Å². The zero-order chi connectivity index (χ0) is 8.85. The highest BCUT2D eigenvalue weighted by Crippen LogP contribution is 1.79. The quantitative estimate of drug-likeness (QED) is 0.462. The fraction of sp³-hybridized carbons (Fsp3) is 0.667. The van der Waals surface area contributed by atoms with Gasteiger partial charge in [0.2, 0.25) is 0 Å². The second kappa shape index (κ2) is 4.81. The van der Waals surface area contributed by atoms with Crippen molar-refractivity contribution in [2.45, 2.75) is 13.0 Å². The lowest BCUT2D eigenvalue weighted by molar-refractivity contribution is -0.139. The van der Waals surface area contributed by atoms with Crippen molar-refractivity contribution in [3.63, 3.8) is 0 Å². The third-order valence-electron chi connectivity index (χ3n) is 1.15. The molecule has 0 spiro atoms. The summed E-state index contributed by atoms with van der Waals surface area (Å²) in [5.41, 5.74) is 0. The topological polar surface area (TPSA) is 86.6 Å². The number of hydrogen-bond acceptors (Lipinski definition) is 4. The van der Waals surface area contributed by atoms with Crippen LogP contribution >= 0.6 is 0 Å². The van der Waals surface area contributed by atoms with Crippen LogP contribution in [0.5, 0.6) is 0 Å². The fourth-order valence-electron chi connectivity index (χ4n) is 0.410. The maximum Gasteiger partial charge on any atom is 0.320 e. The van der Waals surface area contributed by atoms with Crippen LogP contribution < -0.4 is 5.32 Å². The molecule has 0 aromatic rings. The highest BCUT2D eigenvalue weighted by Gasteiger charge is 2.10. The van der Waals surface area contributed by atoms with Crippen molar-refractivity contribution in [3.8, 4) is 0 Å². The van der Waals surface area contributed by atoms with E-state index in [4.69, 9.17) is 10.2 Å². The molecule has 0 amide bonds. The molecule has 1 unspecified atom stereocenters. The van der Waals surface area contributed by atoms with Gasteiger partial charge in [0.05, 0.1) is 6.54 Å². The molecule has 0 aliphatic carbocycles. The van der Waals surface area contributed by atoms with E-state index in [1.54, 1.807) is 0 Å². The summed E-state index contributed by atoms with van der Waals surface area (Å²) in [6.45, 7) is 0.760. The molecule has 0 aliphatic heterocycles. The van der Waals surface area contributed by atoms with Crippen LogP contribution in [-0.2, 0) is 9.59 Å². The molecule has 0 aliphatic rings. The zero-order valence-corrected chi connectivity index (χ0v) is 6.20. The van der Waals surface area contributed by atoms with Gasteiger partial charge in [-0.3, -0.25) is 14.9 Å². The minimum atomic E-state index is -1.02. The molecular weight excluding hydrogens is 150 g/mol. The Labute approximate surface area is 64.0 Å². The lowest BCUT2D eigenvalue weighted by atomic mass is 10.3. The summed E-state index contributed by atoms with van der Waals surface area (Å²) in [5, 5.41) is 19.0. The van der Waals surface area contributed by atoms with Gasteiger partial charge in [-0.05, 0) is 6.92 Å². The van der Waals surface area contributed by atoms with Crippen LogP contribution in [-0.4, -0.2) is 41.2 Å². The standard InChI is InChI=1S/C6H11NO4/c1-4(6(10)11)7-2-5(9)3-8/h4,7-8H,2-3H2,1H3,(H,10,11). The number of rotatable bonds is 5. The third-order valence-corrected chi connectivity index (χ3v) is 1.15. The number of nitrogens with one attached hydrogen (secondary N) is 1. The molecule has 0 rings (SSSR count). The highest BCUT2D eigenvalue weighted by atomic mass is 16.4. The summed E-state index contributed by atoms with van der Waals surface area (Å²) < 4.78 is 0. The predicted molar refractivity (Wildman–Crippen MR) is 37.2 cm³/mol. The van der Waals surface area contributed by atoms with E-state index < -0.39 is 24.4 Å². The lowest BCUT2D eigenvalue weighted by Crippen LogP contribution is -2.37. The van der Waals surface area contributed by atoms with Gasteiger partial charge in [-0.2, -0.15) is 0 Å². The van der Waals surface area contributed by atoms with Gasteiger partial charge in [0.15, 0.2) is 5.78 Å². The fourth-order valence-corrected chi connectivity index (χ4v) is 0.410. The Morgan fingerprint density at radius 3 is 2.45 bits per heavy atom. The van der Waals surface area contributed by atoms with Crippen LogP contribution in [0.25, 0.3) is 0 Å². The minimum absolute atomic E-state index is 0.107. The third kappa shape index (κ3) is 4.46. The molecule has 5 heteroatoms. The summed E-state index contributed by atoms with van der Waals surface area (Å²) in [6, 6.07) is -0.759. The summed E-state index contributed by atoms with van der Waals surface area (Å²) in [5.74, 6) is -1.44. The number of carboxylic acids is 1. The summed E-state index contributed by atoms with van der Waals surface area (Å²) in [7, 11) is 0. The van der Waals surface area contributed by atoms with E-state index in [2.05, 4.69) is 5.32 Å². The first-order chi connectivity index (χ1) is 5.07. The number of aliphatic hydroxyl groups excluding tert-OH is 1. The summed E-state index contributed by atoms with van der Waals surface area (Å²) >= 11 is 0. The van der Waals surface area contributed by atoms with Gasteiger partial charge in [0, 0.05) is 0 Å². The number of ketones is 1. The van der Waals surface area contributed by atoms with Crippen molar-refractivity contribution in [1.29, 1.82) is 0 Å². The summed E-state index contributed by atoms with van der Waals surface area (Å²) in [4.78, 5) is 20.6. The van der Waals surface area contributed by atoms with E-state index in [1.165, 1.54) is 6.92 Å². The SMILES string of the molecule is CC(NCC(=O)CO)C(=O)O. The average Bonchev–Trinajstić information content (AvgIpc) is 1.99. The molecule has 0 saturated carbocycles. The molecule has 1 atom stereocenters. The Balaban J connectivity index is 3.54. The number of Topliss-reactive ketones (excluding diaryl/α,β-unsaturated/α-hetero) is 1. The van der Waals surface area contributed by atoms with Gasteiger partial charge in [-0.15, -0.1) is 0 Å². The Bertz CT molecular complexity index is 157. The monoisotopic (exact) mass is 161 g/mol. The Morgan fingerprint density at radius 1 is 1.55 bits per heavy atom. The van der Waals surface area contributed by atoms with E-state index in [0.29, 0.717) is 0 Å². The number of aliphatic carboxylic acids is 1. The first-order valence-corrected chi connectivity index (χ1v) is 3.16. The summed E-state index contributed by atoms with van der Waals surface area (Å²) in [6.07, 6.45) is 0. The molecule has 5 nitrogen and oxygen atoms in total. The van der Waals surface area contributed by atoms with E-state index in [0.717, 1.165) is 0 Å². The molecule has 3 N–H and O–H groups in total. The van der Waals surface area contributed by atoms with Crippen molar-refractivity contribution in [2.75, 3.05) is 13.2 Å². The molecule has 0 aromatic carbocycles. The normalized spacial score (nSPS) is 12.5. The van der Waals surface area contributed by atoms with Crippen molar-refractivity contribution in [1.82, 2.24) is 5.32 Å². The molecule has 0 aromatic heterocycles. The first kappa shape index (κ1) is 10.1. The predicted octanol–water partition coefficient (Wildman–Crippen LogP) is -1.39. The lowest BCUT2D eigenvalue weighted by Gasteiger charge is -2.06. The molecule has 0 bridgehead atoms. The van der Waals surface area contributed by atoms with E-state index >= 15 is 0 Å². The van der Waals surface area contributed by atoms with Gasteiger partial charge >= 0.3 is 5.97 Å². The van der Waals surface area contributed by atoms with Gasteiger partial charge in [0.25, 0.3) is 0 Å². The molecule has 0 heterocycles. The van der Waals surface area contributed by atoms with Crippen molar-refractivity contribution in [3.05, 3.63) is 0 Å². The number of carbonyl (C=O) groups is 2. The Morgan fingerprint density at radius 2 is 2.09 bits per heavy atom. The second-order valence-electron chi connectivity index (χ2n) is 2.14. The van der Waals surface area contributed by atoms with Crippen LogP contribution in [0.3, 0.4) is 0 Å². The van der Waals surface area contributed by atoms with Crippen LogP contribution in [0.1, 0.15) is 6.92 Å². The van der Waals surface area contributed by atoms with Crippen LogP contribution in [0.4, 0.5) is 0 Å². The number of hydrogen-bond donors (Lipinski definition) is 3. The highest BCUT2D eigenvalue weighted by molar-refractivity contribution is 5.82. The Hall–Kier alpha value is -0.940. The maximum atomic E-state index is 10.4. The van der Waals surface area contributed by atoms with Gasteiger partial charge in [-0.25, -0.2) is 0 Å². The number of carbonyl (C=O) groups excluding carboxylic acids is 1. The van der Waals surface area contributed by atoms with Gasteiger partial charge < -0.3 is 10.2 Å². The number of carboxylic acid groups (broad SMARTS) is 1. The molecule has 11 heavy (non-hydrogen) atoms. The average molecular weight is 161 g/mol. The second-order valence-corrected chi connectivity index (χ2v) is 2.14. The largest absolute Gasteiger partial charge is 0.480 e.